The van der Waals surface area contributed by atoms with Crippen LogP contribution >= 0.6 is 0 Å². The van der Waals surface area contributed by atoms with E-state index in [0.29, 0.717) is 5.92 Å². The van der Waals surface area contributed by atoms with Gasteiger partial charge in [-0.2, -0.15) is 0 Å². The molecule has 1 N–H and O–H groups in total. The molecule has 0 radical (unpaired) electrons. The number of hydrogen-bond donors (Lipinski definition) is 1. The third kappa shape index (κ3) is 1.13. The van der Waals surface area contributed by atoms with Crippen LogP contribution in [0, 0.1) is 11.3 Å². The van der Waals surface area contributed by atoms with Crippen molar-refractivity contribution in [3.63, 3.8) is 0 Å². The van der Waals surface area contributed by atoms with Crippen LogP contribution in [0.3, 0.4) is 0 Å². The second-order valence-corrected chi connectivity index (χ2v) is 6.95. The Morgan fingerprint density at radius 2 is 1.88 bits per heavy atom. The predicted molar refractivity (Wildman–Crippen MR) is 59.1 cm³/mol. The highest BCUT2D eigenvalue weighted by Crippen LogP contribution is 2.66. The first-order valence-electron chi connectivity index (χ1n) is 6.58. The van der Waals surface area contributed by atoms with E-state index >= 15 is 0 Å². The summed E-state index contributed by atoms with van der Waals surface area (Å²) in [6, 6.07) is 0. The van der Waals surface area contributed by atoms with Gasteiger partial charge in [0, 0.05) is 0 Å². The molecule has 4 rings (SSSR count). The molecule has 2 saturated carbocycles. The fourth-order valence-electron chi connectivity index (χ4n) is 4.42. The molecule has 0 aromatic heterocycles. The Bertz CT molecular complexity index is 382. The molecule has 4 heteroatoms. The summed E-state index contributed by atoms with van der Waals surface area (Å²) in [6.07, 6.45) is 2.35. The summed E-state index contributed by atoms with van der Waals surface area (Å²) in [7, 11) is 0. The van der Waals surface area contributed by atoms with Gasteiger partial charge in [0.05, 0.1) is 6.10 Å². The SMILES string of the molecule is CC1(C)O[C@H]2O[C@@H]3[C@@H]4CC[C@]4(C)C[C@]3(O)[C@H]2O1. The van der Waals surface area contributed by atoms with E-state index in [1.54, 1.807) is 0 Å². The van der Waals surface area contributed by atoms with Crippen LogP contribution in [0.2, 0.25) is 0 Å². The second kappa shape index (κ2) is 2.72. The Labute approximate surface area is 101 Å². The maximum absolute atomic E-state index is 10.9. The van der Waals surface area contributed by atoms with Gasteiger partial charge < -0.3 is 19.3 Å². The zero-order valence-corrected chi connectivity index (χ0v) is 10.6. The summed E-state index contributed by atoms with van der Waals surface area (Å²) in [4.78, 5) is 0. The molecule has 0 spiro atoms. The Kier molecular flexibility index (Phi) is 1.71. The molecule has 0 aromatic rings. The first kappa shape index (κ1) is 10.7. The van der Waals surface area contributed by atoms with E-state index in [2.05, 4.69) is 6.92 Å². The standard InChI is InChI=1S/C13H20O4/c1-11(2)16-9-10(17-11)15-8-7-4-5-12(7,3)6-13(8,9)14/h7-10,14H,4-6H2,1-3H3/t7-,8+,9-,10+,12+,13+/m0/s1. The molecular formula is C13H20O4. The first-order valence-corrected chi connectivity index (χ1v) is 6.58. The van der Waals surface area contributed by atoms with Gasteiger partial charge in [0.25, 0.3) is 0 Å². The fraction of sp³-hybridized carbons (Fsp3) is 1.00. The van der Waals surface area contributed by atoms with E-state index in [1.165, 1.54) is 6.42 Å². The average molecular weight is 240 g/mol. The van der Waals surface area contributed by atoms with E-state index in [0.717, 1.165) is 12.8 Å². The van der Waals surface area contributed by atoms with Crippen molar-refractivity contribution < 1.29 is 19.3 Å². The highest BCUT2D eigenvalue weighted by molar-refractivity contribution is 5.20. The third-order valence-electron chi connectivity index (χ3n) is 5.30. The lowest BCUT2D eigenvalue weighted by Crippen LogP contribution is -2.46. The highest BCUT2D eigenvalue weighted by Gasteiger charge is 2.73. The molecule has 0 unspecified atom stereocenters. The summed E-state index contributed by atoms with van der Waals surface area (Å²) in [6.45, 7) is 6.01. The van der Waals surface area contributed by atoms with Gasteiger partial charge in [0.2, 0.25) is 0 Å². The molecule has 17 heavy (non-hydrogen) atoms. The molecule has 4 fully saturated rings. The Hall–Kier alpha value is -0.160. The lowest BCUT2D eigenvalue weighted by molar-refractivity contribution is -0.230. The van der Waals surface area contributed by atoms with Crippen molar-refractivity contribution in [1.29, 1.82) is 0 Å². The molecule has 4 aliphatic rings. The Balaban J connectivity index is 1.69. The van der Waals surface area contributed by atoms with E-state index in [1.807, 2.05) is 13.8 Å². The minimum Gasteiger partial charge on any atom is -0.384 e. The van der Waals surface area contributed by atoms with Crippen molar-refractivity contribution in [2.45, 2.75) is 69.9 Å². The Morgan fingerprint density at radius 3 is 2.53 bits per heavy atom. The number of hydrogen-bond acceptors (Lipinski definition) is 4. The van der Waals surface area contributed by atoms with Gasteiger partial charge in [0.15, 0.2) is 12.1 Å². The normalized spacial score (nSPS) is 62.8. The number of ether oxygens (including phenoxy) is 3. The fourth-order valence-corrected chi connectivity index (χ4v) is 4.42. The summed E-state index contributed by atoms with van der Waals surface area (Å²) in [5.41, 5.74) is -0.588. The molecule has 96 valence electrons. The molecular weight excluding hydrogens is 220 g/mol. The maximum Gasteiger partial charge on any atom is 0.190 e. The van der Waals surface area contributed by atoms with E-state index in [9.17, 15) is 5.11 Å². The average Bonchev–Trinajstić information content (AvgIpc) is 2.65. The van der Waals surface area contributed by atoms with Crippen molar-refractivity contribution >= 4 is 0 Å². The van der Waals surface area contributed by atoms with Gasteiger partial charge in [-0.1, -0.05) is 6.92 Å². The first-order chi connectivity index (χ1) is 7.84. The maximum atomic E-state index is 10.9. The molecule has 2 heterocycles. The number of aliphatic hydroxyl groups is 1. The monoisotopic (exact) mass is 240 g/mol. The number of fused-ring (bicyclic) bond motifs is 5. The van der Waals surface area contributed by atoms with Gasteiger partial charge in [-0.15, -0.1) is 0 Å². The second-order valence-electron chi connectivity index (χ2n) is 6.95. The molecule has 0 bridgehead atoms. The van der Waals surface area contributed by atoms with Gasteiger partial charge in [-0.05, 0) is 44.4 Å². The zero-order chi connectivity index (χ0) is 12.1. The van der Waals surface area contributed by atoms with Gasteiger partial charge in [-0.25, -0.2) is 0 Å². The van der Waals surface area contributed by atoms with E-state index in [4.69, 9.17) is 14.2 Å². The topological polar surface area (TPSA) is 47.9 Å². The predicted octanol–water partition coefficient (Wildman–Crippen LogP) is 1.41. The highest BCUT2D eigenvalue weighted by atomic mass is 16.8. The molecule has 0 aromatic carbocycles. The molecule has 0 amide bonds. The minimum atomic E-state index is -0.839. The van der Waals surface area contributed by atoms with Crippen molar-refractivity contribution in [1.82, 2.24) is 0 Å². The van der Waals surface area contributed by atoms with Gasteiger partial charge >= 0.3 is 0 Å². The van der Waals surface area contributed by atoms with Gasteiger partial charge in [-0.3, -0.25) is 0 Å². The van der Waals surface area contributed by atoms with Crippen molar-refractivity contribution in [2.75, 3.05) is 0 Å². The summed E-state index contributed by atoms with van der Waals surface area (Å²) >= 11 is 0. The third-order valence-corrected chi connectivity index (χ3v) is 5.30. The zero-order valence-electron chi connectivity index (χ0n) is 10.6. The smallest absolute Gasteiger partial charge is 0.190 e. The molecule has 2 aliphatic heterocycles. The lowest BCUT2D eigenvalue weighted by Gasteiger charge is -2.43. The quantitative estimate of drug-likeness (QED) is 0.695. The Morgan fingerprint density at radius 1 is 1.12 bits per heavy atom. The minimum absolute atomic E-state index is 0.0904. The van der Waals surface area contributed by atoms with Crippen LogP contribution in [-0.4, -0.2) is 35.0 Å². The lowest BCUT2D eigenvalue weighted by atomic mass is 9.63. The summed E-state index contributed by atoms with van der Waals surface area (Å²) < 4.78 is 17.5. The van der Waals surface area contributed by atoms with Crippen LogP contribution in [0.1, 0.15) is 40.0 Å². The van der Waals surface area contributed by atoms with Crippen LogP contribution < -0.4 is 0 Å². The molecule has 6 atom stereocenters. The number of rotatable bonds is 0. The van der Waals surface area contributed by atoms with Crippen LogP contribution in [0.4, 0.5) is 0 Å². The largest absolute Gasteiger partial charge is 0.384 e. The molecule has 2 saturated heterocycles. The van der Waals surface area contributed by atoms with Crippen molar-refractivity contribution in [3.8, 4) is 0 Å². The van der Waals surface area contributed by atoms with Gasteiger partial charge in [0.1, 0.15) is 11.7 Å². The van der Waals surface area contributed by atoms with Crippen LogP contribution in [-0.2, 0) is 14.2 Å². The van der Waals surface area contributed by atoms with E-state index < -0.39 is 11.4 Å². The molecule has 4 nitrogen and oxygen atoms in total. The van der Waals surface area contributed by atoms with E-state index in [-0.39, 0.29) is 23.9 Å². The van der Waals surface area contributed by atoms with Crippen molar-refractivity contribution in [3.05, 3.63) is 0 Å². The molecule has 2 aliphatic carbocycles. The summed E-state index contributed by atoms with van der Waals surface area (Å²) in [5, 5.41) is 10.9. The van der Waals surface area contributed by atoms with Crippen LogP contribution in [0.5, 0.6) is 0 Å². The summed E-state index contributed by atoms with van der Waals surface area (Å²) in [5.74, 6) is -0.160. The van der Waals surface area contributed by atoms with Crippen LogP contribution in [0.25, 0.3) is 0 Å². The van der Waals surface area contributed by atoms with Crippen LogP contribution in [0.15, 0.2) is 0 Å². The van der Waals surface area contributed by atoms with Crippen molar-refractivity contribution in [2.24, 2.45) is 11.3 Å².